The summed E-state index contributed by atoms with van der Waals surface area (Å²) >= 11 is 1.80. The van der Waals surface area contributed by atoms with E-state index in [9.17, 15) is 0 Å². The van der Waals surface area contributed by atoms with Gasteiger partial charge < -0.3 is 10.1 Å². The van der Waals surface area contributed by atoms with Gasteiger partial charge in [0, 0.05) is 11.4 Å². The maximum Gasteiger partial charge on any atom is 0.161 e. The molecule has 1 unspecified atom stereocenters. The van der Waals surface area contributed by atoms with Gasteiger partial charge in [-0.05, 0) is 43.0 Å². The van der Waals surface area contributed by atoms with Crippen molar-refractivity contribution in [3.63, 3.8) is 0 Å². The lowest BCUT2D eigenvalue weighted by molar-refractivity contribution is 0.317. The predicted molar refractivity (Wildman–Crippen MR) is 89.0 cm³/mol. The molecule has 0 aromatic heterocycles. The minimum Gasteiger partial charge on any atom is -0.494 e. The molecule has 0 spiro atoms. The van der Waals surface area contributed by atoms with E-state index in [1.54, 1.807) is 11.8 Å². The Morgan fingerprint density at radius 1 is 1.35 bits per heavy atom. The molecule has 1 aromatic rings. The summed E-state index contributed by atoms with van der Waals surface area (Å²) in [5, 5.41) is 4.45. The number of rotatable bonds is 5. The van der Waals surface area contributed by atoms with Crippen LogP contribution in [0.3, 0.4) is 0 Å². The Kier molecular flexibility index (Phi) is 5.77. The molecular formula is C16H24N2OS. The molecule has 1 aliphatic heterocycles. The summed E-state index contributed by atoms with van der Waals surface area (Å²) in [6, 6.07) is 8.56. The Hall–Kier alpha value is -1.16. The number of amidine groups is 1. The molecule has 0 bridgehead atoms. The fourth-order valence-corrected chi connectivity index (χ4v) is 3.01. The molecule has 1 atom stereocenters. The number of ether oxygens (including phenoxy) is 1. The average Bonchev–Trinajstić information content (AvgIpc) is 2.47. The van der Waals surface area contributed by atoms with E-state index >= 15 is 0 Å². The van der Waals surface area contributed by atoms with Crippen molar-refractivity contribution in [3.8, 4) is 5.75 Å². The van der Waals surface area contributed by atoms with Crippen LogP contribution in [0.5, 0.6) is 5.75 Å². The summed E-state index contributed by atoms with van der Waals surface area (Å²) in [6.45, 7) is 7.36. The number of benzene rings is 1. The summed E-state index contributed by atoms with van der Waals surface area (Å²) in [7, 11) is 0. The molecule has 0 saturated carbocycles. The van der Waals surface area contributed by atoms with Crippen LogP contribution in [-0.4, -0.2) is 23.6 Å². The Labute approximate surface area is 126 Å². The van der Waals surface area contributed by atoms with Gasteiger partial charge in [-0.2, -0.15) is 0 Å². The van der Waals surface area contributed by atoms with Crippen LogP contribution in [-0.2, 0) is 0 Å². The third-order valence-electron chi connectivity index (χ3n) is 3.28. The second-order valence-electron chi connectivity index (χ2n) is 5.38. The summed E-state index contributed by atoms with van der Waals surface area (Å²) in [6.07, 6.45) is 2.21. The number of thioether (sulfide) groups is 1. The lowest BCUT2D eigenvalue weighted by Gasteiger charge is -2.23. The zero-order valence-corrected chi connectivity index (χ0v) is 13.4. The minimum atomic E-state index is 0.450. The number of nitrogens with one attached hydrogen (secondary N) is 1. The molecule has 20 heavy (non-hydrogen) atoms. The first-order valence-electron chi connectivity index (χ1n) is 7.39. The zero-order valence-electron chi connectivity index (χ0n) is 12.6. The van der Waals surface area contributed by atoms with Crippen molar-refractivity contribution in [2.24, 2.45) is 10.9 Å². The van der Waals surface area contributed by atoms with Crippen LogP contribution in [0.15, 0.2) is 29.3 Å². The monoisotopic (exact) mass is 292 g/mol. The first kappa shape index (κ1) is 15.2. The Morgan fingerprint density at radius 2 is 2.10 bits per heavy atom. The largest absolute Gasteiger partial charge is 0.494 e. The highest BCUT2D eigenvalue weighted by Gasteiger charge is 2.18. The molecule has 0 amide bonds. The molecule has 1 heterocycles. The second kappa shape index (κ2) is 7.58. The Bertz CT molecular complexity index is 442. The SMILES string of the molecule is CCCOc1ccc(NC2=NC(C(C)C)CCS2)cc1. The summed E-state index contributed by atoms with van der Waals surface area (Å²) in [4.78, 5) is 4.79. The van der Waals surface area contributed by atoms with Crippen molar-refractivity contribution in [1.82, 2.24) is 0 Å². The highest BCUT2D eigenvalue weighted by Crippen LogP contribution is 2.24. The van der Waals surface area contributed by atoms with Gasteiger partial charge in [0.1, 0.15) is 5.75 Å². The van der Waals surface area contributed by atoms with Gasteiger partial charge in [0.05, 0.1) is 12.6 Å². The standard InChI is InChI=1S/C16H24N2OS/c1-4-10-19-14-7-5-13(6-8-14)17-16-18-15(12(2)3)9-11-20-16/h5-8,12,15H,4,9-11H2,1-3H3,(H,17,18). The lowest BCUT2D eigenvalue weighted by atomic mass is 10.0. The zero-order chi connectivity index (χ0) is 14.4. The minimum absolute atomic E-state index is 0.450. The van der Waals surface area contributed by atoms with Crippen molar-refractivity contribution in [2.45, 2.75) is 39.7 Å². The average molecular weight is 292 g/mol. The molecular weight excluding hydrogens is 268 g/mol. The van der Waals surface area contributed by atoms with Gasteiger partial charge in [-0.1, -0.05) is 32.5 Å². The number of hydrogen-bond donors (Lipinski definition) is 1. The highest BCUT2D eigenvalue weighted by molar-refractivity contribution is 8.14. The van der Waals surface area contributed by atoms with Crippen LogP contribution in [0.1, 0.15) is 33.6 Å². The lowest BCUT2D eigenvalue weighted by Crippen LogP contribution is -2.23. The third-order valence-corrected chi connectivity index (χ3v) is 4.20. The van der Waals surface area contributed by atoms with E-state index in [4.69, 9.17) is 9.73 Å². The van der Waals surface area contributed by atoms with Gasteiger partial charge in [0.2, 0.25) is 0 Å². The topological polar surface area (TPSA) is 33.6 Å². The van der Waals surface area contributed by atoms with Crippen molar-refractivity contribution in [3.05, 3.63) is 24.3 Å². The summed E-state index contributed by atoms with van der Waals surface area (Å²) < 4.78 is 5.59. The van der Waals surface area contributed by atoms with Crippen LogP contribution in [0.2, 0.25) is 0 Å². The molecule has 1 aromatic carbocycles. The maximum atomic E-state index is 5.59. The maximum absolute atomic E-state index is 5.59. The van der Waals surface area contributed by atoms with E-state index < -0.39 is 0 Å². The molecule has 1 N–H and O–H groups in total. The van der Waals surface area contributed by atoms with Crippen LogP contribution in [0.25, 0.3) is 0 Å². The molecule has 2 rings (SSSR count). The fourth-order valence-electron chi connectivity index (χ4n) is 2.06. The molecule has 3 nitrogen and oxygen atoms in total. The molecule has 0 saturated heterocycles. The van der Waals surface area contributed by atoms with Crippen molar-refractivity contribution in [1.29, 1.82) is 0 Å². The summed E-state index contributed by atoms with van der Waals surface area (Å²) in [5.41, 5.74) is 1.07. The smallest absolute Gasteiger partial charge is 0.161 e. The van der Waals surface area contributed by atoms with E-state index in [1.807, 2.05) is 24.3 Å². The molecule has 4 heteroatoms. The first-order chi connectivity index (χ1) is 9.69. The number of nitrogens with zero attached hydrogens (tertiary/aromatic N) is 1. The Morgan fingerprint density at radius 3 is 2.75 bits per heavy atom. The van der Waals surface area contributed by atoms with Crippen LogP contribution < -0.4 is 10.1 Å². The predicted octanol–water partition coefficient (Wildman–Crippen LogP) is 4.40. The summed E-state index contributed by atoms with van der Waals surface area (Å²) in [5.74, 6) is 2.68. The van der Waals surface area contributed by atoms with Gasteiger partial charge in [-0.3, -0.25) is 4.99 Å². The van der Waals surface area contributed by atoms with Crippen molar-refractivity contribution >= 4 is 22.6 Å². The van der Waals surface area contributed by atoms with Crippen molar-refractivity contribution < 1.29 is 4.74 Å². The number of anilines is 1. The molecule has 0 aliphatic carbocycles. The van der Waals surface area contributed by atoms with Gasteiger partial charge in [0.25, 0.3) is 0 Å². The quantitative estimate of drug-likeness (QED) is 0.873. The third kappa shape index (κ3) is 4.44. The van der Waals surface area contributed by atoms with E-state index in [-0.39, 0.29) is 0 Å². The Balaban J connectivity index is 1.95. The molecule has 0 fully saturated rings. The second-order valence-corrected chi connectivity index (χ2v) is 6.46. The van der Waals surface area contributed by atoms with Gasteiger partial charge in [-0.15, -0.1) is 0 Å². The number of aliphatic imine (C=N–C) groups is 1. The first-order valence-corrected chi connectivity index (χ1v) is 8.38. The normalized spacial score (nSPS) is 18.8. The molecule has 110 valence electrons. The van der Waals surface area contributed by atoms with Crippen molar-refractivity contribution in [2.75, 3.05) is 17.7 Å². The van der Waals surface area contributed by atoms with E-state index in [2.05, 4.69) is 26.1 Å². The fraction of sp³-hybridized carbons (Fsp3) is 0.562. The van der Waals surface area contributed by atoms with Gasteiger partial charge in [-0.25, -0.2) is 0 Å². The van der Waals surface area contributed by atoms with Crippen LogP contribution >= 0.6 is 11.8 Å². The van der Waals surface area contributed by atoms with Gasteiger partial charge >= 0.3 is 0 Å². The van der Waals surface area contributed by atoms with E-state index in [0.29, 0.717) is 12.0 Å². The molecule has 1 aliphatic rings. The number of hydrogen-bond acceptors (Lipinski definition) is 4. The van der Waals surface area contributed by atoms with E-state index in [0.717, 1.165) is 35.4 Å². The van der Waals surface area contributed by atoms with E-state index in [1.165, 1.54) is 6.42 Å². The molecule has 0 radical (unpaired) electrons. The van der Waals surface area contributed by atoms with Gasteiger partial charge in [0.15, 0.2) is 5.17 Å². The van der Waals surface area contributed by atoms with Crippen LogP contribution in [0, 0.1) is 5.92 Å². The highest BCUT2D eigenvalue weighted by atomic mass is 32.2. The van der Waals surface area contributed by atoms with Crippen LogP contribution in [0.4, 0.5) is 5.69 Å².